The number of hydrogen-bond acceptors (Lipinski definition) is 6. The summed E-state index contributed by atoms with van der Waals surface area (Å²) in [5.74, 6) is 0.240. The Balaban J connectivity index is 1.81. The number of amides is 1. The quantitative estimate of drug-likeness (QED) is 0.715. The van der Waals surface area contributed by atoms with E-state index in [9.17, 15) is 13.2 Å². The van der Waals surface area contributed by atoms with E-state index in [1.807, 2.05) is 19.1 Å². The van der Waals surface area contributed by atoms with Crippen molar-refractivity contribution < 1.29 is 17.9 Å². The molecule has 1 amide bonds. The Morgan fingerprint density at radius 3 is 2.52 bits per heavy atom. The van der Waals surface area contributed by atoms with Crippen LogP contribution in [0.3, 0.4) is 0 Å². The normalized spacial score (nSPS) is 23.7. The molecule has 0 aromatic heterocycles. The number of nitrogens with two attached hydrogens (primary N) is 1. The van der Waals surface area contributed by atoms with Crippen molar-refractivity contribution in [3.8, 4) is 5.75 Å². The molecule has 0 aliphatic carbocycles. The van der Waals surface area contributed by atoms with E-state index in [4.69, 9.17) is 10.5 Å². The molecule has 0 spiro atoms. The monoisotopic (exact) mass is 423 g/mol. The largest absolute Gasteiger partial charge is 0.494 e. The third-order valence-electron chi connectivity index (χ3n) is 6.02. The first-order valence-electron chi connectivity index (χ1n) is 10.3. The maximum Gasteiger partial charge on any atom is 0.237 e. The zero-order chi connectivity index (χ0) is 21.2. The second-order valence-corrected chi connectivity index (χ2v) is 11.0. The van der Waals surface area contributed by atoms with Gasteiger partial charge in [-0.2, -0.15) is 0 Å². The first-order valence-corrected chi connectivity index (χ1v) is 12.1. The van der Waals surface area contributed by atoms with Crippen LogP contribution in [0.25, 0.3) is 0 Å². The molecule has 2 atom stereocenters. The number of carbonyl (C=O) groups excluding carboxylic acids is 1. The van der Waals surface area contributed by atoms with Crippen LogP contribution < -0.4 is 15.4 Å². The minimum absolute atomic E-state index is 0.0205. The molecule has 2 unspecified atom stereocenters. The Morgan fingerprint density at radius 2 is 1.90 bits per heavy atom. The molecule has 2 bridgehead atoms. The molecule has 4 rings (SSSR count). The van der Waals surface area contributed by atoms with E-state index in [0.29, 0.717) is 25.6 Å². The highest BCUT2D eigenvalue weighted by atomic mass is 32.2. The van der Waals surface area contributed by atoms with Crippen LogP contribution in [0.1, 0.15) is 27.2 Å². The Morgan fingerprint density at radius 1 is 1.21 bits per heavy atom. The molecular formula is C21H33N3O4S. The lowest BCUT2D eigenvalue weighted by molar-refractivity contribution is -0.128. The lowest BCUT2D eigenvalue weighted by Gasteiger charge is -2.48. The van der Waals surface area contributed by atoms with Crippen LogP contribution in [0.2, 0.25) is 0 Å². The second-order valence-electron chi connectivity index (χ2n) is 8.83. The smallest absolute Gasteiger partial charge is 0.237 e. The molecule has 1 aromatic carbocycles. The van der Waals surface area contributed by atoms with Gasteiger partial charge in [-0.3, -0.25) is 4.79 Å². The van der Waals surface area contributed by atoms with E-state index in [2.05, 4.69) is 30.9 Å². The predicted octanol–water partition coefficient (Wildman–Crippen LogP) is 1.52. The fraction of sp³-hybridized carbons (Fsp3) is 0.667. The van der Waals surface area contributed by atoms with E-state index in [1.165, 1.54) is 0 Å². The summed E-state index contributed by atoms with van der Waals surface area (Å²) in [6.07, 6.45) is 1.02. The van der Waals surface area contributed by atoms with E-state index >= 15 is 0 Å². The summed E-state index contributed by atoms with van der Waals surface area (Å²) < 4.78 is 29.7. The molecule has 0 saturated carbocycles. The first kappa shape index (κ1) is 21.9. The molecule has 3 aliphatic rings. The molecule has 3 fully saturated rings. The Hall–Kier alpha value is -1.80. The summed E-state index contributed by atoms with van der Waals surface area (Å²) in [5.41, 5.74) is 6.51. The molecule has 29 heavy (non-hydrogen) atoms. The number of ether oxygens (including phenoxy) is 1. The van der Waals surface area contributed by atoms with Gasteiger partial charge in [0.1, 0.15) is 11.5 Å². The number of hydrogen-bond donors (Lipinski definition) is 1. The maximum absolute atomic E-state index is 12.8. The molecule has 7 nitrogen and oxygen atoms in total. The third kappa shape index (κ3) is 5.04. The van der Waals surface area contributed by atoms with Gasteiger partial charge in [0, 0.05) is 31.9 Å². The van der Waals surface area contributed by atoms with Crippen molar-refractivity contribution in [2.75, 3.05) is 49.2 Å². The Labute approximate surface area is 174 Å². The second kappa shape index (κ2) is 8.52. The van der Waals surface area contributed by atoms with Gasteiger partial charge in [-0.05, 0) is 48.9 Å². The third-order valence-corrected chi connectivity index (χ3v) is 7.57. The van der Waals surface area contributed by atoms with Gasteiger partial charge in [0.25, 0.3) is 0 Å². The molecule has 162 valence electrons. The highest BCUT2D eigenvalue weighted by Gasteiger charge is 2.46. The van der Waals surface area contributed by atoms with Crippen LogP contribution in [0.4, 0.5) is 5.69 Å². The number of piperidine rings is 1. The van der Waals surface area contributed by atoms with E-state index < -0.39 is 15.6 Å². The Bertz CT molecular complexity index is 823. The van der Waals surface area contributed by atoms with Gasteiger partial charge >= 0.3 is 0 Å². The lowest BCUT2D eigenvalue weighted by atomic mass is 9.73. The van der Waals surface area contributed by atoms with Crippen molar-refractivity contribution in [3.63, 3.8) is 0 Å². The molecular weight excluding hydrogens is 390 g/mol. The number of sulfone groups is 1. The zero-order valence-electron chi connectivity index (χ0n) is 17.6. The lowest BCUT2D eigenvalue weighted by Crippen LogP contribution is -2.54. The van der Waals surface area contributed by atoms with Crippen LogP contribution in [-0.4, -0.2) is 69.6 Å². The minimum Gasteiger partial charge on any atom is -0.494 e. The minimum atomic E-state index is -3.46. The fourth-order valence-corrected chi connectivity index (χ4v) is 5.82. The number of carbonyl (C=O) groups is 1. The highest BCUT2D eigenvalue weighted by Crippen LogP contribution is 2.43. The van der Waals surface area contributed by atoms with Gasteiger partial charge in [-0.1, -0.05) is 13.8 Å². The average Bonchev–Trinajstić information content (AvgIpc) is 2.89. The molecule has 2 N–H and O–H groups in total. The van der Waals surface area contributed by atoms with Crippen molar-refractivity contribution in [1.82, 2.24) is 4.90 Å². The summed E-state index contributed by atoms with van der Waals surface area (Å²) in [6.45, 7) is 9.11. The van der Waals surface area contributed by atoms with Crippen molar-refractivity contribution >= 4 is 21.4 Å². The van der Waals surface area contributed by atoms with Gasteiger partial charge in [-0.25, -0.2) is 8.42 Å². The topological polar surface area (TPSA) is 92.9 Å². The number of rotatable bonds is 7. The van der Waals surface area contributed by atoms with Gasteiger partial charge < -0.3 is 20.3 Å². The standard InChI is InChI=1S/C21H33N3O4S/c1-4-28-18-7-5-17(6-8-18)24-13-16-11-21(2,3)19(24)14-23(12-16)20(25)15-29(26,27)10-9-22/h5-8,16,19H,4,9-15,22H2,1-3H3. The average molecular weight is 424 g/mol. The maximum atomic E-state index is 12.8. The van der Waals surface area contributed by atoms with Crippen LogP contribution in [0.5, 0.6) is 5.75 Å². The summed E-state index contributed by atoms with van der Waals surface area (Å²) in [6, 6.07) is 8.22. The Kier molecular flexibility index (Phi) is 6.43. The molecule has 3 aliphatic heterocycles. The molecule has 0 radical (unpaired) electrons. The van der Waals surface area contributed by atoms with Crippen molar-refractivity contribution in [3.05, 3.63) is 24.3 Å². The van der Waals surface area contributed by atoms with Crippen LogP contribution in [-0.2, 0) is 14.6 Å². The van der Waals surface area contributed by atoms with Crippen molar-refractivity contribution in [1.29, 1.82) is 0 Å². The van der Waals surface area contributed by atoms with Crippen molar-refractivity contribution in [2.24, 2.45) is 17.1 Å². The van der Waals surface area contributed by atoms with Gasteiger partial charge in [0.15, 0.2) is 9.84 Å². The number of benzene rings is 1. The van der Waals surface area contributed by atoms with Crippen LogP contribution in [0, 0.1) is 11.3 Å². The summed E-state index contributed by atoms with van der Waals surface area (Å²) in [7, 11) is -3.46. The highest BCUT2D eigenvalue weighted by molar-refractivity contribution is 7.92. The van der Waals surface area contributed by atoms with Crippen LogP contribution >= 0.6 is 0 Å². The van der Waals surface area contributed by atoms with Gasteiger partial charge in [-0.15, -0.1) is 0 Å². The van der Waals surface area contributed by atoms with Gasteiger partial charge in [0.2, 0.25) is 5.91 Å². The van der Waals surface area contributed by atoms with Crippen molar-refractivity contribution in [2.45, 2.75) is 33.2 Å². The number of anilines is 1. The molecule has 3 saturated heterocycles. The number of nitrogens with zero attached hydrogens (tertiary/aromatic N) is 2. The van der Waals surface area contributed by atoms with E-state index in [0.717, 1.165) is 24.4 Å². The summed E-state index contributed by atoms with van der Waals surface area (Å²) in [5, 5.41) is 0. The zero-order valence-corrected chi connectivity index (χ0v) is 18.5. The first-order chi connectivity index (χ1) is 13.6. The number of fused-ring (bicyclic) bond motifs is 4. The summed E-state index contributed by atoms with van der Waals surface area (Å²) >= 11 is 0. The molecule has 1 aromatic rings. The fourth-order valence-electron chi connectivity index (χ4n) is 4.76. The van der Waals surface area contributed by atoms with E-state index in [-0.39, 0.29) is 29.7 Å². The van der Waals surface area contributed by atoms with Crippen LogP contribution in [0.15, 0.2) is 24.3 Å². The molecule has 8 heteroatoms. The molecule has 3 heterocycles. The summed E-state index contributed by atoms with van der Waals surface area (Å²) in [4.78, 5) is 16.9. The van der Waals surface area contributed by atoms with E-state index in [1.54, 1.807) is 4.90 Å². The SMILES string of the molecule is CCOc1ccc(N2CC3CN(C(=O)CS(=O)(=O)CCN)CC2C(C)(C)C3)cc1. The predicted molar refractivity (Wildman–Crippen MR) is 115 cm³/mol. The van der Waals surface area contributed by atoms with Gasteiger partial charge in [0.05, 0.1) is 18.4 Å².